The summed E-state index contributed by atoms with van der Waals surface area (Å²) in [5.74, 6) is 0. The van der Waals surface area contributed by atoms with Gasteiger partial charge in [0.1, 0.15) is 0 Å². The van der Waals surface area contributed by atoms with Crippen molar-refractivity contribution in [1.29, 1.82) is 0 Å². The summed E-state index contributed by atoms with van der Waals surface area (Å²) in [6, 6.07) is 0.283. The van der Waals surface area contributed by atoms with Gasteiger partial charge in [-0.2, -0.15) is 5.10 Å². The van der Waals surface area contributed by atoms with Crippen LogP contribution in [0.3, 0.4) is 0 Å². The molecule has 1 N–H and O–H groups in total. The first-order chi connectivity index (χ1) is 9.59. The number of aromatic nitrogens is 2. The van der Waals surface area contributed by atoms with E-state index in [0.29, 0.717) is 0 Å². The molecule has 1 fully saturated rings. The van der Waals surface area contributed by atoms with Gasteiger partial charge < -0.3 is 10.1 Å². The fourth-order valence-electron chi connectivity index (χ4n) is 3.00. The largest absolute Gasteiger partial charge is 0.379 e. The van der Waals surface area contributed by atoms with Gasteiger partial charge in [-0.3, -0.25) is 9.58 Å². The summed E-state index contributed by atoms with van der Waals surface area (Å²) in [6.07, 6.45) is 4.16. The molecule has 1 aliphatic rings. The molecule has 0 bridgehead atoms. The van der Waals surface area contributed by atoms with Gasteiger partial charge in [-0.25, -0.2) is 0 Å². The van der Waals surface area contributed by atoms with Crippen LogP contribution < -0.4 is 5.32 Å². The quantitative estimate of drug-likeness (QED) is 0.860. The van der Waals surface area contributed by atoms with Crippen LogP contribution in [-0.4, -0.2) is 53.1 Å². The Kier molecular flexibility index (Phi) is 5.18. The lowest BCUT2D eigenvalue weighted by Gasteiger charge is -2.45. The highest BCUT2D eigenvalue weighted by Gasteiger charge is 2.37. The van der Waals surface area contributed by atoms with Crippen molar-refractivity contribution in [2.24, 2.45) is 0 Å². The van der Waals surface area contributed by atoms with Crippen LogP contribution in [0.25, 0.3) is 0 Å². The molecule has 1 aromatic heterocycles. The second-order valence-corrected chi connectivity index (χ2v) is 5.87. The lowest BCUT2D eigenvalue weighted by molar-refractivity contribution is -0.0236. The zero-order chi connectivity index (χ0) is 14.6. The molecule has 0 amide bonds. The summed E-state index contributed by atoms with van der Waals surface area (Å²) in [5, 5.41) is 8.07. The first-order valence-corrected chi connectivity index (χ1v) is 7.68. The Morgan fingerprint density at radius 2 is 2.05 bits per heavy atom. The van der Waals surface area contributed by atoms with Gasteiger partial charge in [0.15, 0.2) is 0 Å². The van der Waals surface area contributed by atoms with Crippen molar-refractivity contribution in [2.45, 2.75) is 45.8 Å². The molecule has 1 unspecified atom stereocenters. The second kappa shape index (κ2) is 6.70. The highest BCUT2D eigenvalue weighted by Crippen LogP contribution is 2.31. The third-order valence-electron chi connectivity index (χ3n) is 4.25. The van der Waals surface area contributed by atoms with E-state index in [9.17, 15) is 0 Å². The molecule has 0 spiro atoms. The van der Waals surface area contributed by atoms with Crippen LogP contribution in [-0.2, 0) is 11.3 Å². The summed E-state index contributed by atoms with van der Waals surface area (Å²) in [5.41, 5.74) is 1.31. The molecule has 1 saturated heterocycles. The molecule has 0 saturated carbocycles. The predicted octanol–water partition coefficient (Wildman–Crippen LogP) is 1.66. The van der Waals surface area contributed by atoms with Crippen molar-refractivity contribution in [3.8, 4) is 0 Å². The number of hydrogen-bond acceptors (Lipinski definition) is 4. The number of nitrogens with one attached hydrogen (secondary N) is 1. The van der Waals surface area contributed by atoms with Gasteiger partial charge in [-0.15, -0.1) is 0 Å². The van der Waals surface area contributed by atoms with Crippen LogP contribution in [0.1, 0.15) is 39.3 Å². The van der Waals surface area contributed by atoms with Gasteiger partial charge in [0.05, 0.1) is 25.5 Å². The van der Waals surface area contributed by atoms with Crippen molar-refractivity contribution in [3.05, 3.63) is 18.0 Å². The molecule has 5 heteroatoms. The smallest absolute Gasteiger partial charge is 0.0594 e. The number of nitrogens with zero attached hydrogens (tertiary/aromatic N) is 3. The first kappa shape index (κ1) is 15.5. The van der Waals surface area contributed by atoms with Crippen LogP contribution in [0.4, 0.5) is 0 Å². The molecule has 5 nitrogen and oxygen atoms in total. The van der Waals surface area contributed by atoms with Crippen LogP contribution in [0.15, 0.2) is 12.4 Å². The fourth-order valence-corrected chi connectivity index (χ4v) is 3.00. The Hall–Kier alpha value is -0.910. The van der Waals surface area contributed by atoms with Gasteiger partial charge in [0.25, 0.3) is 0 Å². The van der Waals surface area contributed by atoms with E-state index in [4.69, 9.17) is 4.74 Å². The average Bonchev–Trinajstić information content (AvgIpc) is 2.94. The van der Waals surface area contributed by atoms with Crippen molar-refractivity contribution >= 4 is 0 Å². The van der Waals surface area contributed by atoms with Crippen molar-refractivity contribution < 1.29 is 4.74 Å². The lowest BCUT2D eigenvalue weighted by Crippen LogP contribution is -2.56. The average molecular weight is 280 g/mol. The third-order valence-corrected chi connectivity index (χ3v) is 4.25. The predicted molar refractivity (Wildman–Crippen MR) is 80.8 cm³/mol. The molecule has 0 radical (unpaired) electrons. The Morgan fingerprint density at radius 1 is 1.35 bits per heavy atom. The maximum absolute atomic E-state index is 5.48. The molecular formula is C15H28N4O. The van der Waals surface area contributed by atoms with Gasteiger partial charge in [-0.05, 0) is 27.3 Å². The van der Waals surface area contributed by atoms with E-state index in [1.54, 1.807) is 0 Å². The normalized spacial score (nSPS) is 19.2. The van der Waals surface area contributed by atoms with E-state index < -0.39 is 0 Å². The molecule has 1 atom stereocenters. The third kappa shape index (κ3) is 3.22. The van der Waals surface area contributed by atoms with Crippen LogP contribution >= 0.6 is 0 Å². The molecule has 20 heavy (non-hydrogen) atoms. The molecule has 1 aromatic rings. The molecule has 0 aromatic carbocycles. The van der Waals surface area contributed by atoms with E-state index in [1.807, 2.05) is 10.9 Å². The summed E-state index contributed by atoms with van der Waals surface area (Å²) >= 11 is 0. The second-order valence-electron chi connectivity index (χ2n) is 5.87. The number of ether oxygens (including phenoxy) is 1. The number of aryl methyl sites for hydroxylation is 1. The minimum absolute atomic E-state index is 0.0431. The highest BCUT2D eigenvalue weighted by atomic mass is 16.5. The van der Waals surface area contributed by atoms with Gasteiger partial charge >= 0.3 is 0 Å². The molecule has 2 heterocycles. The van der Waals surface area contributed by atoms with Gasteiger partial charge in [-0.1, -0.05) is 6.92 Å². The maximum Gasteiger partial charge on any atom is 0.0594 e. The molecule has 114 valence electrons. The van der Waals surface area contributed by atoms with Crippen molar-refractivity contribution in [1.82, 2.24) is 20.0 Å². The number of morpholine rings is 1. The fraction of sp³-hybridized carbons (Fsp3) is 0.800. The molecular weight excluding hydrogens is 252 g/mol. The molecule has 1 aliphatic heterocycles. The topological polar surface area (TPSA) is 42.3 Å². The zero-order valence-electron chi connectivity index (χ0n) is 13.2. The Morgan fingerprint density at radius 3 is 2.60 bits per heavy atom. The Labute approximate surface area is 122 Å². The summed E-state index contributed by atoms with van der Waals surface area (Å²) in [6.45, 7) is 14.4. The van der Waals surface area contributed by atoms with Crippen LogP contribution in [0.2, 0.25) is 0 Å². The van der Waals surface area contributed by atoms with Crippen LogP contribution in [0, 0.1) is 0 Å². The Bertz CT molecular complexity index is 410. The van der Waals surface area contributed by atoms with E-state index in [-0.39, 0.29) is 11.6 Å². The summed E-state index contributed by atoms with van der Waals surface area (Å²) < 4.78 is 7.48. The van der Waals surface area contributed by atoms with Gasteiger partial charge in [0, 0.05) is 36.9 Å². The minimum atomic E-state index is 0.0431. The molecule has 2 rings (SSSR count). The first-order valence-electron chi connectivity index (χ1n) is 7.68. The SMILES string of the molecule is CCNC(c1cnn(CC)c1)C(C)(C)N1CCOCC1. The van der Waals surface area contributed by atoms with Gasteiger partial charge in [0.2, 0.25) is 0 Å². The van der Waals surface area contributed by atoms with E-state index >= 15 is 0 Å². The standard InChI is InChI=1S/C15H28N4O/c1-5-16-14(13-11-17-19(6-2)12-13)15(3,4)18-7-9-20-10-8-18/h11-12,14,16H,5-10H2,1-4H3. The Balaban J connectivity index is 2.21. The van der Waals surface area contributed by atoms with Crippen molar-refractivity contribution in [3.63, 3.8) is 0 Å². The lowest BCUT2D eigenvalue weighted by atomic mass is 9.88. The molecule has 0 aliphatic carbocycles. The van der Waals surface area contributed by atoms with Crippen LogP contribution in [0.5, 0.6) is 0 Å². The van der Waals surface area contributed by atoms with E-state index in [1.165, 1.54) is 5.56 Å². The zero-order valence-corrected chi connectivity index (χ0v) is 13.2. The van der Waals surface area contributed by atoms with E-state index in [0.717, 1.165) is 39.4 Å². The van der Waals surface area contributed by atoms with E-state index in [2.05, 4.69) is 49.2 Å². The number of likely N-dealkylation sites (N-methyl/N-ethyl adjacent to an activating group) is 1. The summed E-state index contributed by atoms with van der Waals surface area (Å²) in [4.78, 5) is 2.52. The monoisotopic (exact) mass is 280 g/mol. The highest BCUT2D eigenvalue weighted by molar-refractivity contribution is 5.17. The maximum atomic E-state index is 5.48. The number of rotatable bonds is 6. The number of hydrogen-bond donors (Lipinski definition) is 1. The minimum Gasteiger partial charge on any atom is -0.379 e. The summed E-state index contributed by atoms with van der Waals surface area (Å²) in [7, 11) is 0. The van der Waals surface area contributed by atoms with Crippen molar-refractivity contribution in [2.75, 3.05) is 32.8 Å².